The van der Waals surface area contributed by atoms with E-state index in [0.717, 1.165) is 31.5 Å². The number of aromatic nitrogens is 2. The van der Waals surface area contributed by atoms with Crippen molar-refractivity contribution in [3.8, 4) is 11.3 Å². The number of pyridine rings is 1. The second-order valence-corrected chi connectivity index (χ2v) is 5.87. The normalized spacial score (nSPS) is 11.1. The Morgan fingerprint density at radius 2 is 1.78 bits per heavy atom. The van der Waals surface area contributed by atoms with Crippen LogP contribution in [0.1, 0.15) is 5.69 Å². The fourth-order valence-corrected chi connectivity index (χ4v) is 2.73. The molecule has 2 nitrogen and oxygen atoms in total. The smallest absolute Gasteiger partial charge is 0.152 e. The molecule has 0 aliphatic heterocycles. The third-order valence-corrected chi connectivity index (χ3v) is 4.11. The van der Waals surface area contributed by atoms with Gasteiger partial charge in [0.2, 0.25) is 0 Å². The molecule has 4 heteroatoms. The van der Waals surface area contributed by atoms with Crippen LogP contribution in [0.5, 0.6) is 0 Å². The van der Waals surface area contributed by atoms with Gasteiger partial charge in [0.15, 0.2) is 5.65 Å². The van der Waals surface area contributed by atoms with Gasteiger partial charge in [-0.05, 0) is 47.1 Å². The van der Waals surface area contributed by atoms with Gasteiger partial charge in [0.25, 0.3) is 0 Å². The summed E-state index contributed by atoms with van der Waals surface area (Å²) in [4.78, 5) is 4.71. The van der Waals surface area contributed by atoms with Crippen molar-refractivity contribution in [3.63, 3.8) is 0 Å². The van der Waals surface area contributed by atoms with Crippen LogP contribution in [0.3, 0.4) is 0 Å². The Morgan fingerprint density at radius 3 is 2.44 bits per heavy atom. The van der Waals surface area contributed by atoms with E-state index in [9.17, 15) is 0 Å². The predicted octanol–water partition coefficient (Wildman–Crippen LogP) is 4.83. The molecular formula is C14H10Br2N2. The summed E-state index contributed by atoms with van der Waals surface area (Å²) < 4.78 is 4.19. The second-order valence-electron chi connectivity index (χ2n) is 4.10. The highest BCUT2D eigenvalue weighted by molar-refractivity contribution is 9.10. The quantitative estimate of drug-likeness (QED) is 0.603. The zero-order valence-electron chi connectivity index (χ0n) is 9.69. The van der Waals surface area contributed by atoms with Crippen LogP contribution in [-0.2, 0) is 0 Å². The molecule has 0 aliphatic carbocycles. The second kappa shape index (κ2) is 4.52. The van der Waals surface area contributed by atoms with Gasteiger partial charge in [0.05, 0.1) is 10.2 Å². The van der Waals surface area contributed by atoms with Gasteiger partial charge in [-0.25, -0.2) is 4.98 Å². The van der Waals surface area contributed by atoms with Gasteiger partial charge in [-0.3, -0.25) is 0 Å². The van der Waals surface area contributed by atoms with Crippen molar-refractivity contribution >= 4 is 37.5 Å². The van der Waals surface area contributed by atoms with Gasteiger partial charge in [-0.1, -0.05) is 28.1 Å². The molecule has 0 N–H and O–H groups in total. The highest BCUT2D eigenvalue weighted by Gasteiger charge is 2.11. The molecule has 2 aromatic heterocycles. The number of aryl methyl sites for hydroxylation is 1. The minimum absolute atomic E-state index is 0.952. The van der Waals surface area contributed by atoms with Crippen molar-refractivity contribution in [2.45, 2.75) is 6.92 Å². The maximum absolute atomic E-state index is 4.71. The van der Waals surface area contributed by atoms with E-state index in [1.807, 2.05) is 30.5 Å². The van der Waals surface area contributed by atoms with E-state index in [1.165, 1.54) is 0 Å². The first-order valence-electron chi connectivity index (χ1n) is 5.56. The van der Waals surface area contributed by atoms with E-state index in [1.54, 1.807) is 0 Å². The van der Waals surface area contributed by atoms with E-state index in [-0.39, 0.29) is 0 Å². The first kappa shape index (κ1) is 11.9. The van der Waals surface area contributed by atoms with Gasteiger partial charge >= 0.3 is 0 Å². The number of hydrogen-bond acceptors (Lipinski definition) is 1. The van der Waals surface area contributed by atoms with Crippen LogP contribution in [-0.4, -0.2) is 9.38 Å². The van der Waals surface area contributed by atoms with E-state index >= 15 is 0 Å². The summed E-state index contributed by atoms with van der Waals surface area (Å²) in [5.74, 6) is 0. The lowest BCUT2D eigenvalue weighted by Crippen LogP contribution is -1.87. The van der Waals surface area contributed by atoms with Crippen LogP contribution < -0.4 is 0 Å². The summed E-state index contributed by atoms with van der Waals surface area (Å²) in [5, 5.41) is 0. The van der Waals surface area contributed by atoms with E-state index in [2.05, 4.69) is 55.3 Å². The van der Waals surface area contributed by atoms with Gasteiger partial charge in [-0.15, -0.1) is 0 Å². The highest BCUT2D eigenvalue weighted by atomic mass is 79.9. The van der Waals surface area contributed by atoms with Gasteiger partial charge < -0.3 is 4.40 Å². The topological polar surface area (TPSA) is 17.3 Å². The number of imidazole rings is 1. The molecule has 3 aromatic rings. The largest absolute Gasteiger partial charge is 0.303 e. The standard InChI is InChI=1S/C14H10Br2N2/c1-9-13(10-4-6-11(15)7-5-10)17-14-12(16)3-2-8-18(9)14/h2-8H,1H3. The molecule has 0 bridgehead atoms. The van der Waals surface area contributed by atoms with Crippen LogP contribution in [0.4, 0.5) is 0 Å². The van der Waals surface area contributed by atoms with E-state index in [0.29, 0.717) is 0 Å². The lowest BCUT2D eigenvalue weighted by Gasteiger charge is -1.99. The summed E-state index contributed by atoms with van der Waals surface area (Å²) in [7, 11) is 0. The summed E-state index contributed by atoms with van der Waals surface area (Å²) in [5.41, 5.74) is 4.25. The Hall–Kier alpha value is -1.13. The molecule has 0 aliphatic rings. The van der Waals surface area contributed by atoms with Crippen LogP contribution >= 0.6 is 31.9 Å². The lowest BCUT2D eigenvalue weighted by atomic mass is 10.1. The third-order valence-electron chi connectivity index (χ3n) is 2.96. The molecule has 0 radical (unpaired) electrons. The molecule has 0 saturated heterocycles. The van der Waals surface area contributed by atoms with Crippen molar-refractivity contribution in [2.75, 3.05) is 0 Å². The number of rotatable bonds is 1. The zero-order chi connectivity index (χ0) is 12.7. The SMILES string of the molecule is Cc1c(-c2ccc(Br)cc2)nc2c(Br)cccn12. The predicted molar refractivity (Wildman–Crippen MR) is 80.8 cm³/mol. The molecule has 2 heterocycles. The fourth-order valence-electron chi connectivity index (χ4n) is 2.03. The molecule has 0 fully saturated rings. The molecule has 0 amide bonds. The van der Waals surface area contributed by atoms with Crippen LogP contribution in [0.2, 0.25) is 0 Å². The Kier molecular flexibility index (Phi) is 2.99. The molecule has 0 spiro atoms. The average molecular weight is 366 g/mol. The minimum Gasteiger partial charge on any atom is -0.303 e. The maximum atomic E-state index is 4.71. The van der Waals surface area contributed by atoms with Crippen molar-refractivity contribution in [3.05, 3.63) is 57.2 Å². The minimum atomic E-state index is 0.952. The van der Waals surface area contributed by atoms with Crippen molar-refractivity contribution in [1.29, 1.82) is 0 Å². The highest BCUT2D eigenvalue weighted by Crippen LogP contribution is 2.27. The average Bonchev–Trinajstić information content (AvgIpc) is 2.70. The van der Waals surface area contributed by atoms with Crippen molar-refractivity contribution in [1.82, 2.24) is 9.38 Å². The summed E-state index contributed by atoms with van der Waals surface area (Å²) in [6.45, 7) is 2.09. The number of fused-ring (bicyclic) bond motifs is 1. The van der Waals surface area contributed by atoms with E-state index in [4.69, 9.17) is 4.98 Å². The number of benzene rings is 1. The Morgan fingerprint density at radius 1 is 1.06 bits per heavy atom. The van der Waals surface area contributed by atoms with Crippen molar-refractivity contribution < 1.29 is 0 Å². The molecular weight excluding hydrogens is 356 g/mol. The Bertz CT molecular complexity index is 714. The Balaban J connectivity index is 2.27. The summed E-state index contributed by atoms with van der Waals surface area (Å²) >= 11 is 6.99. The molecule has 3 rings (SSSR count). The molecule has 0 saturated carbocycles. The van der Waals surface area contributed by atoms with Crippen molar-refractivity contribution in [2.24, 2.45) is 0 Å². The van der Waals surface area contributed by atoms with Gasteiger partial charge in [-0.2, -0.15) is 0 Å². The first-order valence-corrected chi connectivity index (χ1v) is 7.14. The fraction of sp³-hybridized carbons (Fsp3) is 0.0714. The monoisotopic (exact) mass is 364 g/mol. The molecule has 1 aromatic carbocycles. The van der Waals surface area contributed by atoms with Crippen LogP contribution in [0, 0.1) is 6.92 Å². The Labute approximate surface area is 122 Å². The summed E-state index contributed by atoms with van der Waals surface area (Å²) in [6.07, 6.45) is 2.03. The van der Waals surface area contributed by atoms with Crippen LogP contribution in [0.25, 0.3) is 16.9 Å². The van der Waals surface area contributed by atoms with E-state index < -0.39 is 0 Å². The molecule has 0 unspecified atom stereocenters. The number of halogens is 2. The summed E-state index contributed by atoms with van der Waals surface area (Å²) in [6, 6.07) is 12.2. The maximum Gasteiger partial charge on any atom is 0.152 e. The lowest BCUT2D eigenvalue weighted by molar-refractivity contribution is 1.11. The molecule has 90 valence electrons. The van der Waals surface area contributed by atoms with Gasteiger partial charge in [0, 0.05) is 21.9 Å². The zero-order valence-corrected chi connectivity index (χ0v) is 12.9. The third kappa shape index (κ3) is 1.89. The number of hydrogen-bond donors (Lipinski definition) is 0. The first-order chi connectivity index (χ1) is 8.66. The number of nitrogens with zero attached hydrogens (tertiary/aromatic N) is 2. The van der Waals surface area contributed by atoms with Gasteiger partial charge in [0.1, 0.15) is 0 Å². The van der Waals surface area contributed by atoms with Crippen LogP contribution in [0.15, 0.2) is 51.5 Å². The molecule has 0 atom stereocenters. The molecule has 18 heavy (non-hydrogen) atoms.